The van der Waals surface area contributed by atoms with Crippen LogP contribution >= 0.6 is 23.2 Å². The molecule has 154 valence electrons. The monoisotopic (exact) mass is 432 g/mol. The smallest absolute Gasteiger partial charge is 0.322 e. The molecule has 0 aliphatic rings. The van der Waals surface area contributed by atoms with E-state index in [2.05, 4.69) is 5.32 Å². The van der Waals surface area contributed by atoms with Crippen LogP contribution in [0, 0.1) is 10.1 Å². The number of carboxylic acid groups (broad SMARTS) is 1. The number of hydrogen-bond donors (Lipinski definition) is 2. The molecule has 0 aromatic heterocycles. The molecule has 0 spiro atoms. The Morgan fingerprint density at radius 3 is 2.57 bits per heavy atom. The number of nitro groups is 1. The average molecular weight is 433 g/mol. The highest BCUT2D eigenvalue weighted by Crippen LogP contribution is 2.36. The van der Waals surface area contributed by atoms with Gasteiger partial charge >= 0.3 is 5.97 Å². The van der Waals surface area contributed by atoms with Crippen LogP contribution in [0.5, 0.6) is 5.75 Å². The first-order chi connectivity index (χ1) is 13.3. The highest BCUT2D eigenvalue weighted by Gasteiger charge is 2.14. The third-order valence-corrected chi connectivity index (χ3v) is 4.62. The second-order valence-corrected chi connectivity index (χ2v) is 6.61. The van der Waals surface area contributed by atoms with Gasteiger partial charge in [0.25, 0.3) is 0 Å². The Bertz CT molecular complexity index is 752. The largest absolute Gasteiger partial charge is 0.492 e. The van der Waals surface area contributed by atoms with Crippen molar-refractivity contribution in [3.8, 4) is 5.75 Å². The zero-order chi connectivity index (χ0) is 21.1. The summed E-state index contributed by atoms with van der Waals surface area (Å²) in [5.41, 5.74) is 0.471. The summed E-state index contributed by atoms with van der Waals surface area (Å²) in [6, 6.07) is 3.21. The number of ether oxygens (including phenoxy) is 1. The Hall–Kier alpha value is -2.32. The summed E-state index contributed by atoms with van der Waals surface area (Å²) in [6.07, 6.45) is 3.88. The van der Waals surface area contributed by atoms with E-state index in [1.165, 1.54) is 6.08 Å². The Kier molecular flexibility index (Phi) is 10.3. The van der Waals surface area contributed by atoms with E-state index < -0.39 is 10.9 Å². The lowest BCUT2D eigenvalue weighted by Gasteiger charge is -2.10. The standard InChI is InChI=1S/C18H22Cl2N2O6/c1-2-13(22(26)27)10-12-7-8-14(18(20)17(12)19)28-9-5-3-4-6-15(23)21-11-16(24)25/h7-8,10H,2-6,9,11H2,1H3,(H,21,23)(H,24,25)/b13-10+. The number of carboxylic acids is 1. The van der Waals surface area contributed by atoms with E-state index in [1.807, 2.05) is 0 Å². The first-order valence-corrected chi connectivity index (χ1v) is 9.46. The van der Waals surface area contributed by atoms with Crippen molar-refractivity contribution in [2.45, 2.75) is 39.0 Å². The van der Waals surface area contributed by atoms with E-state index in [9.17, 15) is 19.7 Å². The normalized spacial score (nSPS) is 11.2. The second kappa shape index (κ2) is 12.2. The molecule has 0 fully saturated rings. The number of allylic oxidation sites excluding steroid dienone is 1. The molecule has 2 N–H and O–H groups in total. The predicted molar refractivity (Wildman–Crippen MR) is 106 cm³/mol. The van der Waals surface area contributed by atoms with Gasteiger partial charge in [0, 0.05) is 24.5 Å². The quantitative estimate of drug-likeness (QED) is 0.290. The molecule has 0 saturated heterocycles. The third kappa shape index (κ3) is 8.14. The number of hydrogen-bond acceptors (Lipinski definition) is 5. The highest BCUT2D eigenvalue weighted by molar-refractivity contribution is 6.43. The maximum absolute atomic E-state index is 11.4. The zero-order valence-corrected chi connectivity index (χ0v) is 16.9. The first kappa shape index (κ1) is 23.7. The number of rotatable bonds is 12. The fourth-order valence-electron chi connectivity index (χ4n) is 2.24. The third-order valence-electron chi connectivity index (χ3n) is 3.74. The van der Waals surface area contributed by atoms with Crippen molar-refractivity contribution in [3.63, 3.8) is 0 Å². The van der Waals surface area contributed by atoms with Crippen molar-refractivity contribution < 1.29 is 24.4 Å². The van der Waals surface area contributed by atoms with Gasteiger partial charge in [-0.3, -0.25) is 19.7 Å². The molecule has 1 amide bonds. The van der Waals surface area contributed by atoms with Gasteiger partial charge in [0.1, 0.15) is 17.3 Å². The number of carbonyl (C=O) groups excluding carboxylic acids is 1. The van der Waals surface area contributed by atoms with Crippen LogP contribution in [-0.2, 0) is 9.59 Å². The molecule has 1 aromatic rings. The molecule has 0 radical (unpaired) electrons. The van der Waals surface area contributed by atoms with Crippen molar-refractivity contribution in [3.05, 3.63) is 43.6 Å². The van der Waals surface area contributed by atoms with Crippen LogP contribution in [0.25, 0.3) is 6.08 Å². The molecular weight excluding hydrogens is 411 g/mol. The van der Waals surface area contributed by atoms with Crippen molar-refractivity contribution >= 4 is 41.2 Å². The number of aliphatic carboxylic acids is 1. The van der Waals surface area contributed by atoms with E-state index >= 15 is 0 Å². The van der Waals surface area contributed by atoms with Gasteiger partial charge in [-0.25, -0.2) is 0 Å². The van der Waals surface area contributed by atoms with Gasteiger partial charge < -0.3 is 15.2 Å². The minimum atomic E-state index is -1.08. The summed E-state index contributed by atoms with van der Waals surface area (Å²) >= 11 is 12.4. The van der Waals surface area contributed by atoms with E-state index in [4.69, 9.17) is 33.0 Å². The molecule has 0 bridgehead atoms. The van der Waals surface area contributed by atoms with Crippen LogP contribution in [0.3, 0.4) is 0 Å². The number of unbranched alkanes of at least 4 members (excludes halogenated alkanes) is 2. The maximum atomic E-state index is 11.4. The van der Waals surface area contributed by atoms with Crippen molar-refractivity contribution in [2.75, 3.05) is 13.2 Å². The number of nitrogens with zero attached hydrogens (tertiary/aromatic N) is 1. The van der Waals surface area contributed by atoms with Gasteiger partial charge in [0.15, 0.2) is 0 Å². The Balaban J connectivity index is 2.47. The highest BCUT2D eigenvalue weighted by atomic mass is 35.5. The number of amides is 1. The molecule has 0 aliphatic heterocycles. The molecule has 1 aromatic carbocycles. The van der Waals surface area contributed by atoms with E-state index in [0.29, 0.717) is 30.8 Å². The molecule has 0 unspecified atom stereocenters. The summed E-state index contributed by atoms with van der Waals surface area (Å²) in [5, 5.41) is 22.0. The zero-order valence-electron chi connectivity index (χ0n) is 15.4. The van der Waals surface area contributed by atoms with Gasteiger partial charge in [-0.2, -0.15) is 0 Å². The van der Waals surface area contributed by atoms with E-state index in [-0.39, 0.29) is 41.0 Å². The molecule has 0 aliphatic carbocycles. The summed E-state index contributed by atoms with van der Waals surface area (Å²) in [7, 11) is 0. The molecule has 8 nitrogen and oxygen atoms in total. The van der Waals surface area contributed by atoms with Crippen molar-refractivity contribution in [1.29, 1.82) is 0 Å². The topological polar surface area (TPSA) is 119 Å². The number of halogens is 2. The lowest BCUT2D eigenvalue weighted by atomic mass is 10.1. The Morgan fingerprint density at radius 1 is 1.25 bits per heavy atom. The number of carbonyl (C=O) groups is 2. The molecule has 28 heavy (non-hydrogen) atoms. The lowest BCUT2D eigenvalue weighted by molar-refractivity contribution is -0.425. The lowest BCUT2D eigenvalue weighted by Crippen LogP contribution is -2.28. The van der Waals surface area contributed by atoms with Gasteiger partial charge in [0.05, 0.1) is 16.6 Å². The molecular formula is C18H22Cl2N2O6. The minimum Gasteiger partial charge on any atom is -0.492 e. The average Bonchev–Trinajstić information content (AvgIpc) is 2.65. The molecule has 0 heterocycles. The Labute approximate surface area is 172 Å². The summed E-state index contributed by atoms with van der Waals surface area (Å²) < 4.78 is 5.59. The van der Waals surface area contributed by atoms with Crippen LogP contribution in [0.15, 0.2) is 17.8 Å². The Morgan fingerprint density at radius 2 is 1.96 bits per heavy atom. The number of benzene rings is 1. The summed E-state index contributed by atoms with van der Waals surface area (Å²) in [5.74, 6) is -1.01. The van der Waals surface area contributed by atoms with Gasteiger partial charge in [-0.15, -0.1) is 0 Å². The van der Waals surface area contributed by atoms with E-state index in [0.717, 1.165) is 6.42 Å². The molecule has 1 rings (SSSR count). The molecule has 10 heteroatoms. The van der Waals surface area contributed by atoms with Crippen LogP contribution < -0.4 is 10.1 Å². The molecule has 0 atom stereocenters. The van der Waals surface area contributed by atoms with Crippen LogP contribution in [0.1, 0.15) is 44.6 Å². The minimum absolute atomic E-state index is 0.0269. The van der Waals surface area contributed by atoms with E-state index in [1.54, 1.807) is 19.1 Å². The fourth-order valence-corrected chi connectivity index (χ4v) is 2.68. The summed E-state index contributed by atoms with van der Waals surface area (Å²) in [4.78, 5) is 32.2. The SMILES string of the molecule is CC/C(=C\c1ccc(OCCCCCC(=O)NCC(=O)O)c(Cl)c1Cl)[N+](=O)[O-]. The maximum Gasteiger partial charge on any atom is 0.322 e. The van der Waals surface area contributed by atoms with Crippen LogP contribution in [0.4, 0.5) is 0 Å². The van der Waals surface area contributed by atoms with Gasteiger partial charge in [-0.1, -0.05) is 30.1 Å². The van der Waals surface area contributed by atoms with Crippen LogP contribution in [-0.4, -0.2) is 35.1 Å². The van der Waals surface area contributed by atoms with Gasteiger partial charge in [0.2, 0.25) is 11.6 Å². The number of nitrogens with one attached hydrogen (secondary N) is 1. The van der Waals surface area contributed by atoms with Gasteiger partial charge in [-0.05, 0) is 31.4 Å². The second-order valence-electron chi connectivity index (χ2n) is 5.86. The first-order valence-electron chi connectivity index (χ1n) is 8.70. The molecule has 0 saturated carbocycles. The predicted octanol–water partition coefficient (Wildman–Crippen LogP) is 4.16. The summed E-state index contributed by atoms with van der Waals surface area (Å²) in [6.45, 7) is 1.66. The van der Waals surface area contributed by atoms with Crippen molar-refractivity contribution in [1.82, 2.24) is 5.32 Å². The fraction of sp³-hybridized carbons (Fsp3) is 0.444. The van der Waals surface area contributed by atoms with Crippen molar-refractivity contribution in [2.24, 2.45) is 0 Å². The van der Waals surface area contributed by atoms with Crippen LogP contribution in [0.2, 0.25) is 10.0 Å².